The van der Waals surface area contributed by atoms with Gasteiger partial charge in [-0.2, -0.15) is 4.79 Å². The summed E-state index contributed by atoms with van der Waals surface area (Å²) in [5.41, 5.74) is 10.4. The Morgan fingerprint density at radius 2 is 1.78 bits per heavy atom. The maximum Gasteiger partial charge on any atom is 1.00 e. The first-order valence-corrected chi connectivity index (χ1v) is 8.07. The van der Waals surface area contributed by atoms with E-state index in [0.29, 0.717) is 22.9 Å². The molecule has 0 fully saturated rings. The summed E-state index contributed by atoms with van der Waals surface area (Å²) in [7, 11) is -4.56. The Morgan fingerprint density at radius 1 is 1.04 bits per heavy atom. The summed E-state index contributed by atoms with van der Waals surface area (Å²) in [4.78, 5) is 3.10. The van der Waals surface area contributed by atoms with Crippen molar-refractivity contribution in [3.8, 4) is 0 Å². The SMILES string of the molecule is [N-]=[N+]=C1CC=c2ccc3c(S(=O)(=O)[O-])ccc4ccc1c2c43.[Na+]. The van der Waals surface area contributed by atoms with E-state index >= 15 is 0 Å². The fourth-order valence-electron chi connectivity index (χ4n) is 3.19. The van der Waals surface area contributed by atoms with Gasteiger partial charge in [-0.3, -0.25) is 0 Å². The minimum Gasteiger partial charge on any atom is -0.744 e. The maximum absolute atomic E-state index is 11.5. The Morgan fingerprint density at radius 3 is 2.48 bits per heavy atom. The van der Waals surface area contributed by atoms with Crippen molar-refractivity contribution in [2.45, 2.75) is 11.3 Å². The molecule has 0 heterocycles. The Hall–Kier alpha value is -1.53. The first-order chi connectivity index (χ1) is 10.5. The Bertz CT molecular complexity index is 1180. The molecule has 0 aromatic heterocycles. The van der Waals surface area contributed by atoms with E-state index in [-0.39, 0.29) is 34.5 Å². The smallest absolute Gasteiger partial charge is 0.744 e. The number of hydrogen-bond acceptors (Lipinski definition) is 3. The van der Waals surface area contributed by atoms with E-state index in [1.807, 2.05) is 18.2 Å². The zero-order chi connectivity index (χ0) is 15.5. The summed E-state index contributed by atoms with van der Waals surface area (Å²) in [6.45, 7) is 0. The molecule has 3 aromatic carbocycles. The summed E-state index contributed by atoms with van der Waals surface area (Å²) in [6, 6.07) is 10.1. The van der Waals surface area contributed by atoms with Crippen molar-refractivity contribution in [3.05, 3.63) is 52.7 Å². The number of hydrogen-bond donors (Lipinski definition) is 0. The van der Waals surface area contributed by atoms with Gasteiger partial charge in [0, 0.05) is 10.8 Å². The molecule has 1 aliphatic rings. The maximum atomic E-state index is 11.5. The number of rotatable bonds is 1. The summed E-state index contributed by atoms with van der Waals surface area (Å²) in [6.07, 6.45) is 2.43. The fraction of sp³-hybridized carbons (Fsp3) is 0.0625. The number of nitrogens with zero attached hydrogens (tertiary/aromatic N) is 2. The van der Waals surface area contributed by atoms with Crippen LogP contribution in [-0.4, -0.2) is 23.5 Å². The van der Waals surface area contributed by atoms with Gasteiger partial charge in [-0.05, 0) is 28.1 Å². The van der Waals surface area contributed by atoms with Crippen LogP contribution in [0.3, 0.4) is 0 Å². The predicted octanol–water partition coefficient (Wildman–Crippen LogP) is -1.18. The van der Waals surface area contributed by atoms with E-state index < -0.39 is 10.1 Å². The standard InChI is InChI=1S/C16H10N2O3S.Na/c17-18-13-7-3-9-2-6-12-14(22(19,20)21)8-4-10-1-5-11(13)15(9)16(10)12;/h1-6,8H,7H2,(H,19,20,21);/q;+1/p-1. The van der Waals surface area contributed by atoms with Gasteiger partial charge in [0.25, 0.3) is 0 Å². The van der Waals surface area contributed by atoms with E-state index in [1.165, 1.54) is 6.07 Å². The Balaban J connectivity index is 0.00000156. The van der Waals surface area contributed by atoms with Gasteiger partial charge in [-0.25, -0.2) is 8.42 Å². The second-order valence-electron chi connectivity index (χ2n) is 5.26. The monoisotopic (exact) mass is 332 g/mol. The second-order valence-corrected chi connectivity index (χ2v) is 6.61. The van der Waals surface area contributed by atoms with Gasteiger partial charge >= 0.3 is 35.3 Å². The van der Waals surface area contributed by atoms with Crippen molar-refractivity contribution in [1.82, 2.24) is 0 Å². The van der Waals surface area contributed by atoms with Gasteiger partial charge in [-0.15, -0.1) is 0 Å². The normalized spacial score (nSPS) is 13.5. The minimum atomic E-state index is -4.56. The Labute approximate surface area is 154 Å². The predicted molar refractivity (Wildman–Crippen MR) is 81.4 cm³/mol. The third-order valence-corrected chi connectivity index (χ3v) is 5.02. The molecule has 0 saturated carbocycles. The van der Waals surface area contributed by atoms with Crippen molar-refractivity contribution in [3.63, 3.8) is 0 Å². The van der Waals surface area contributed by atoms with Crippen LogP contribution in [0.1, 0.15) is 12.0 Å². The summed E-state index contributed by atoms with van der Waals surface area (Å²) in [5, 5.41) is 3.72. The fourth-order valence-corrected chi connectivity index (χ4v) is 3.86. The van der Waals surface area contributed by atoms with Crippen LogP contribution in [0.5, 0.6) is 0 Å². The largest absolute Gasteiger partial charge is 1.00 e. The third kappa shape index (κ3) is 2.35. The van der Waals surface area contributed by atoms with Gasteiger partial charge in [0.15, 0.2) is 0 Å². The van der Waals surface area contributed by atoms with E-state index in [0.717, 1.165) is 21.6 Å². The molecule has 108 valence electrons. The molecule has 1 aliphatic carbocycles. The zero-order valence-electron chi connectivity index (χ0n) is 12.3. The van der Waals surface area contributed by atoms with Gasteiger partial charge in [0.1, 0.15) is 10.1 Å². The van der Waals surface area contributed by atoms with Crippen LogP contribution in [0.15, 0.2) is 41.3 Å². The quantitative estimate of drug-likeness (QED) is 0.243. The zero-order valence-corrected chi connectivity index (χ0v) is 15.1. The molecular weight excluding hydrogens is 323 g/mol. The molecule has 0 N–H and O–H groups in total. The molecule has 5 nitrogen and oxygen atoms in total. The third-order valence-electron chi connectivity index (χ3n) is 4.12. The molecule has 0 bridgehead atoms. The molecule has 0 atom stereocenters. The van der Waals surface area contributed by atoms with Crippen LogP contribution in [0.25, 0.3) is 33.2 Å². The summed E-state index contributed by atoms with van der Waals surface area (Å²) >= 11 is 0. The van der Waals surface area contributed by atoms with Crippen molar-refractivity contribution < 1.29 is 47.3 Å². The van der Waals surface area contributed by atoms with E-state index in [4.69, 9.17) is 5.53 Å². The minimum absolute atomic E-state index is 0. The van der Waals surface area contributed by atoms with Gasteiger partial charge < -0.3 is 10.1 Å². The first kappa shape index (κ1) is 16.3. The van der Waals surface area contributed by atoms with E-state index in [1.54, 1.807) is 18.2 Å². The molecule has 3 aromatic rings. The van der Waals surface area contributed by atoms with Crippen LogP contribution in [-0.2, 0) is 10.1 Å². The molecule has 4 rings (SSSR count). The molecule has 0 saturated heterocycles. The van der Waals surface area contributed by atoms with Crippen molar-refractivity contribution in [1.29, 1.82) is 0 Å². The topological polar surface area (TPSA) is 93.6 Å². The van der Waals surface area contributed by atoms with Crippen molar-refractivity contribution in [2.24, 2.45) is 0 Å². The molecule has 7 heteroatoms. The van der Waals surface area contributed by atoms with Gasteiger partial charge in [0.2, 0.25) is 0 Å². The molecule has 0 unspecified atom stereocenters. The van der Waals surface area contributed by atoms with Crippen LogP contribution >= 0.6 is 0 Å². The van der Waals surface area contributed by atoms with E-state index in [9.17, 15) is 13.0 Å². The van der Waals surface area contributed by atoms with Gasteiger partial charge in [0.05, 0.1) is 16.9 Å². The molecule has 0 aliphatic heterocycles. The van der Waals surface area contributed by atoms with Crippen LogP contribution in [0.2, 0.25) is 0 Å². The van der Waals surface area contributed by atoms with E-state index in [2.05, 4.69) is 4.79 Å². The molecule has 0 amide bonds. The average Bonchev–Trinajstić information content (AvgIpc) is 2.51. The van der Waals surface area contributed by atoms with Crippen molar-refractivity contribution in [2.75, 3.05) is 0 Å². The van der Waals surface area contributed by atoms with Gasteiger partial charge in [-0.1, -0.05) is 30.3 Å². The molecule has 23 heavy (non-hydrogen) atoms. The molecule has 0 radical (unpaired) electrons. The van der Waals surface area contributed by atoms with Crippen LogP contribution < -0.4 is 34.8 Å². The summed E-state index contributed by atoms with van der Waals surface area (Å²) in [5.74, 6) is 0. The number of benzene rings is 3. The average molecular weight is 332 g/mol. The Kier molecular flexibility index (Phi) is 3.92. The molecular formula is C16H9N2NaO3S. The first-order valence-electron chi connectivity index (χ1n) is 6.66. The van der Waals surface area contributed by atoms with Crippen LogP contribution in [0.4, 0.5) is 0 Å². The second kappa shape index (κ2) is 5.53. The molecule has 0 spiro atoms. The van der Waals surface area contributed by atoms with Crippen molar-refractivity contribution >= 4 is 43.5 Å². The summed E-state index contributed by atoms with van der Waals surface area (Å²) < 4.78 is 34.5. The van der Waals surface area contributed by atoms with Crippen LogP contribution in [0, 0.1) is 0 Å².